The molecule has 0 bridgehead atoms. The van der Waals surface area contributed by atoms with Gasteiger partial charge in [-0.1, -0.05) is 0 Å². The lowest BCUT2D eigenvalue weighted by atomic mass is 10.1. The number of rotatable bonds is 4. The molecule has 1 saturated heterocycles. The van der Waals surface area contributed by atoms with Crippen LogP contribution in [0.2, 0.25) is 0 Å². The Kier molecular flexibility index (Phi) is 4.54. The molecule has 0 saturated carbocycles. The van der Waals surface area contributed by atoms with Crippen LogP contribution in [0.1, 0.15) is 30.1 Å². The van der Waals surface area contributed by atoms with Gasteiger partial charge in [0, 0.05) is 18.7 Å². The van der Waals surface area contributed by atoms with Crippen LogP contribution in [-0.2, 0) is 0 Å². The van der Waals surface area contributed by atoms with Gasteiger partial charge < -0.3 is 15.3 Å². The number of nitrogens with one attached hydrogen (secondary N) is 1. The molecule has 0 aromatic heterocycles. The van der Waals surface area contributed by atoms with Crippen LogP contribution < -0.4 is 5.32 Å². The number of anilines is 1. The van der Waals surface area contributed by atoms with E-state index in [1.54, 1.807) is 6.92 Å². The highest BCUT2D eigenvalue weighted by atomic mass is 19.1. The van der Waals surface area contributed by atoms with Crippen LogP contribution in [-0.4, -0.2) is 41.7 Å². The maximum Gasteiger partial charge on any atom is 0.254 e. The summed E-state index contributed by atoms with van der Waals surface area (Å²) in [5, 5.41) is 11.8. The highest BCUT2D eigenvalue weighted by molar-refractivity contribution is 5.95. The minimum atomic E-state index is -0.782. The van der Waals surface area contributed by atoms with E-state index in [0.29, 0.717) is 19.5 Å². The van der Waals surface area contributed by atoms with E-state index in [1.807, 2.05) is 0 Å². The topological polar surface area (TPSA) is 52.6 Å². The molecule has 0 radical (unpaired) electrons. The molecule has 1 amide bonds. The molecule has 6 heteroatoms. The van der Waals surface area contributed by atoms with Crippen LogP contribution in [0.25, 0.3) is 0 Å². The summed E-state index contributed by atoms with van der Waals surface area (Å²) in [5.41, 5.74) is -0.244. The zero-order valence-corrected chi connectivity index (χ0v) is 11.3. The van der Waals surface area contributed by atoms with Crippen LogP contribution in [0.15, 0.2) is 12.1 Å². The molecule has 0 aliphatic carbocycles. The molecule has 110 valence electrons. The maximum absolute atomic E-state index is 13.8. The van der Waals surface area contributed by atoms with E-state index >= 15 is 0 Å². The lowest BCUT2D eigenvalue weighted by molar-refractivity contribution is 0.0676. The fourth-order valence-electron chi connectivity index (χ4n) is 2.50. The molecular weight excluding hydrogens is 266 g/mol. The third-order valence-electron chi connectivity index (χ3n) is 3.49. The Hall–Kier alpha value is -1.69. The van der Waals surface area contributed by atoms with E-state index in [4.69, 9.17) is 0 Å². The minimum Gasteiger partial charge on any atom is -0.394 e. The molecule has 2 N–H and O–H groups in total. The number of halogens is 2. The normalized spacial score (nSPS) is 18.4. The number of benzene rings is 1. The van der Waals surface area contributed by atoms with Crippen molar-refractivity contribution >= 4 is 11.6 Å². The summed E-state index contributed by atoms with van der Waals surface area (Å²) in [5.74, 6) is -2.01. The quantitative estimate of drug-likeness (QED) is 0.889. The van der Waals surface area contributed by atoms with Crippen LogP contribution in [0.4, 0.5) is 14.5 Å². The average molecular weight is 284 g/mol. The van der Waals surface area contributed by atoms with Crippen LogP contribution in [0.5, 0.6) is 0 Å². The highest BCUT2D eigenvalue weighted by Gasteiger charge is 2.29. The number of carbonyl (C=O) groups is 1. The summed E-state index contributed by atoms with van der Waals surface area (Å²) in [4.78, 5) is 13.7. The molecule has 20 heavy (non-hydrogen) atoms. The number of amides is 1. The largest absolute Gasteiger partial charge is 0.394 e. The van der Waals surface area contributed by atoms with E-state index in [-0.39, 0.29) is 23.9 Å². The molecule has 4 nitrogen and oxygen atoms in total. The molecule has 1 fully saturated rings. The van der Waals surface area contributed by atoms with E-state index in [1.165, 1.54) is 4.90 Å². The molecule has 1 aliphatic heterocycles. The Labute approximate surface area is 116 Å². The van der Waals surface area contributed by atoms with Crippen LogP contribution in [0.3, 0.4) is 0 Å². The summed E-state index contributed by atoms with van der Waals surface area (Å²) < 4.78 is 27.6. The molecule has 1 unspecified atom stereocenters. The fraction of sp³-hybridized carbons (Fsp3) is 0.500. The highest BCUT2D eigenvalue weighted by Crippen LogP contribution is 2.24. The lowest BCUT2D eigenvalue weighted by Crippen LogP contribution is -2.37. The van der Waals surface area contributed by atoms with E-state index < -0.39 is 17.5 Å². The molecule has 1 heterocycles. The van der Waals surface area contributed by atoms with Crippen molar-refractivity contribution in [2.45, 2.75) is 25.8 Å². The van der Waals surface area contributed by atoms with Crippen LogP contribution in [0, 0.1) is 11.6 Å². The average Bonchev–Trinajstić information content (AvgIpc) is 2.90. The number of likely N-dealkylation sites (tertiary alicyclic amines) is 1. The van der Waals surface area contributed by atoms with E-state index in [9.17, 15) is 18.7 Å². The van der Waals surface area contributed by atoms with Crippen molar-refractivity contribution in [3.05, 3.63) is 29.3 Å². The first-order valence-corrected chi connectivity index (χ1v) is 6.73. The molecule has 2 rings (SSSR count). The Morgan fingerprint density at radius 3 is 2.65 bits per heavy atom. The predicted molar refractivity (Wildman–Crippen MR) is 71.7 cm³/mol. The van der Waals surface area contributed by atoms with Gasteiger partial charge in [-0.25, -0.2) is 8.78 Å². The second-order valence-electron chi connectivity index (χ2n) is 4.82. The summed E-state index contributed by atoms with van der Waals surface area (Å²) >= 11 is 0. The number of nitrogens with zero attached hydrogens (tertiary/aromatic N) is 1. The Morgan fingerprint density at radius 2 is 2.10 bits per heavy atom. The van der Waals surface area contributed by atoms with Crippen molar-refractivity contribution in [2.24, 2.45) is 0 Å². The van der Waals surface area contributed by atoms with Gasteiger partial charge in [0.2, 0.25) is 0 Å². The number of hydrogen-bond donors (Lipinski definition) is 2. The van der Waals surface area contributed by atoms with Crippen molar-refractivity contribution in [1.82, 2.24) is 4.90 Å². The Morgan fingerprint density at radius 1 is 1.45 bits per heavy atom. The third kappa shape index (κ3) is 2.75. The van der Waals surface area contributed by atoms with Gasteiger partial charge in [-0.15, -0.1) is 0 Å². The summed E-state index contributed by atoms with van der Waals surface area (Å²) in [6, 6.07) is 1.81. The van der Waals surface area contributed by atoms with Gasteiger partial charge in [-0.2, -0.15) is 0 Å². The van der Waals surface area contributed by atoms with Gasteiger partial charge >= 0.3 is 0 Å². The van der Waals surface area contributed by atoms with Gasteiger partial charge in [0.25, 0.3) is 5.91 Å². The molecule has 1 aromatic rings. The fourth-order valence-corrected chi connectivity index (χ4v) is 2.50. The van der Waals surface area contributed by atoms with Gasteiger partial charge in [0.05, 0.1) is 12.6 Å². The smallest absolute Gasteiger partial charge is 0.254 e. The van der Waals surface area contributed by atoms with Gasteiger partial charge in [-0.3, -0.25) is 4.79 Å². The number of hydrogen-bond acceptors (Lipinski definition) is 3. The standard InChI is InChI=1S/C14H18F2N2O2/c1-2-17-13-11(15)6-9(7-12(13)16)14(20)18-5-3-4-10(18)8-19/h6-7,10,17,19H,2-5,8H2,1H3. The second kappa shape index (κ2) is 6.17. The molecule has 1 aliphatic rings. The van der Waals surface area contributed by atoms with Crippen molar-refractivity contribution in [3.63, 3.8) is 0 Å². The Balaban J connectivity index is 2.27. The number of aliphatic hydroxyl groups excluding tert-OH is 1. The van der Waals surface area contributed by atoms with Gasteiger partial charge in [0.1, 0.15) is 17.3 Å². The summed E-state index contributed by atoms with van der Waals surface area (Å²) in [6.07, 6.45) is 1.50. The van der Waals surface area contributed by atoms with Crippen molar-refractivity contribution in [1.29, 1.82) is 0 Å². The van der Waals surface area contributed by atoms with Gasteiger partial charge in [0.15, 0.2) is 0 Å². The first-order chi connectivity index (χ1) is 9.58. The molecule has 1 atom stereocenters. The summed E-state index contributed by atoms with van der Waals surface area (Å²) in [7, 11) is 0. The lowest BCUT2D eigenvalue weighted by Gasteiger charge is -2.23. The first-order valence-electron chi connectivity index (χ1n) is 6.73. The third-order valence-corrected chi connectivity index (χ3v) is 3.49. The Bertz CT molecular complexity index is 485. The first kappa shape index (κ1) is 14.7. The maximum atomic E-state index is 13.8. The molecule has 1 aromatic carbocycles. The summed E-state index contributed by atoms with van der Waals surface area (Å²) in [6.45, 7) is 2.49. The number of carbonyl (C=O) groups excluding carboxylic acids is 1. The minimum absolute atomic E-state index is 0.0259. The van der Waals surface area contributed by atoms with E-state index in [0.717, 1.165) is 18.6 Å². The monoisotopic (exact) mass is 284 g/mol. The zero-order chi connectivity index (χ0) is 14.7. The zero-order valence-electron chi connectivity index (χ0n) is 11.3. The van der Waals surface area contributed by atoms with Crippen LogP contribution >= 0.6 is 0 Å². The van der Waals surface area contributed by atoms with Crippen molar-refractivity contribution in [2.75, 3.05) is 25.0 Å². The van der Waals surface area contributed by atoms with Crippen molar-refractivity contribution in [3.8, 4) is 0 Å². The molecular formula is C14H18F2N2O2. The predicted octanol–water partition coefficient (Wildman–Crippen LogP) is 1.99. The van der Waals surface area contributed by atoms with Gasteiger partial charge in [-0.05, 0) is 31.9 Å². The SMILES string of the molecule is CCNc1c(F)cc(C(=O)N2CCCC2CO)cc1F. The second-order valence-corrected chi connectivity index (χ2v) is 4.82. The van der Waals surface area contributed by atoms with Crippen molar-refractivity contribution < 1.29 is 18.7 Å². The molecule has 0 spiro atoms. The van der Waals surface area contributed by atoms with E-state index in [2.05, 4.69) is 5.32 Å². The number of aliphatic hydroxyl groups is 1.